The first-order chi connectivity index (χ1) is 15.7. The van der Waals surface area contributed by atoms with Crippen LogP contribution in [0.15, 0.2) is 18.3 Å². The van der Waals surface area contributed by atoms with Crippen LogP contribution < -0.4 is 11.1 Å². The SMILES string of the molecule is Cc1cc(NC(=O)C(=O)N2C[C@H](C)CC[C@H]2C2C=Cc3sc(CN(C)C)nc3C2)cnc1N. The molecule has 8 nitrogen and oxygen atoms in total. The number of amides is 2. The highest BCUT2D eigenvalue weighted by Crippen LogP contribution is 2.35. The smallest absolute Gasteiger partial charge is 0.313 e. The zero-order valence-electron chi connectivity index (χ0n) is 19.7. The summed E-state index contributed by atoms with van der Waals surface area (Å²) in [5, 5.41) is 3.80. The molecule has 3 N–H and O–H groups in total. The fraction of sp³-hybridized carbons (Fsp3) is 0.500. The van der Waals surface area contributed by atoms with Crippen LogP contribution in [0.5, 0.6) is 0 Å². The lowest BCUT2D eigenvalue weighted by Crippen LogP contribution is -2.53. The molecule has 0 spiro atoms. The molecule has 2 amide bonds. The first-order valence-corrected chi connectivity index (χ1v) is 12.2. The number of pyridine rings is 1. The van der Waals surface area contributed by atoms with E-state index in [1.165, 1.54) is 11.1 Å². The predicted molar refractivity (Wildman–Crippen MR) is 132 cm³/mol. The highest BCUT2D eigenvalue weighted by Gasteiger charge is 2.38. The Labute approximate surface area is 198 Å². The molecule has 4 rings (SSSR count). The zero-order valence-corrected chi connectivity index (χ0v) is 20.5. The predicted octanol–water partition coefficient (Wildman–Crippen LogP) is 2.94. The van der Waals surface area contributed by atoms with E-state index in [2.05, 4.69) is 34.3 Å². The number of aryl methyl sites for hydroxylation is 1. The number of nitrogens with one attached hydrogen (secondary N) is 1. The van der Waals surface area contributed by atoms with Crippen LogP contribution in [-0.2, 0) is 22.6 Å². The molecule has 1 unspecified atom stereocenters. The van der Waals surface area contributed by atoms with Gasteiger partial charge >= 0.3 is 11.8 Å². The molecular weight excluding hydrogens is 436 g/mol. The van der Waals surface area contributed by atoms with Crippen LogP contribution in [0, 0.1) is 18.8 Å². The molecule has 3 atom stereocenters. The largest absolute Gasteiger partial charge is 0.383 e. The second kappa shape index (κ2) is 9.61. The van der Waals surface area contributed by atoms with Crippen LogP contribution in [-0.4, -0.2) is 58.3 Å². The van der Waals surface area contributed by atoms with Gasteiger partial charge in [0.2, 0.25) is 0 Å². The number of rotatable bonds is 4. The number of carbonyl (C=O) groups is 2. The number of thiazole rings is 1. The Bertz CT molecular complexity index is 1080. The van der Waals surface area contributed by atoms with Gasteiger partial charge in [0, 0.05) is 25.0 Å². The Morgan fingerprint density at radius 1 is 1.33 bits per heavy atom. The van der Waals surface area contributed by atoms with Crippen molar-refractivity contribution in [3.05, 3.63) is 39.5 Å². The van der Waals surface area contributed by atoms with Gasteiger partial charge in [-0.25, -0.2) is 9.97 Å². The maximum Gasteiger partial charge on any atom is 0.313 e. The first kappa shape index (κ1) is 23.4. The molecule has 0 saturated carbocycles. The van der Waals surface area contributed by atoms with Crippen LogP contribution in [0.25, 0.3) is 6.08 Å². The minimum absolute atomic E-state index is 0.0193. The van der Waals surface area contributed by atoms with E-state index in [1.54, 1.807) is 22.3 Å². The van der Waals surface area contributed by atoms with E-state index < -0.39 is 11.8 Å². The van der Waals surface area contributed by atoms with Gasteiger partial charge < -0.3 is 20.9 Å². The molecule has 1 aliphatic heterocycles. The van der Waals surface area contributed by atoms with Crippen molar-refractivity contribution in [3.63, 3.8) is 0 Å². The van der Waals surface area contributed by atoms with E-state index in [1.807, 2.05) is 21.0 Å². The number of anilines is 2. The second-order valence-corrected chi connectivity index (χ2v) is 10.6. The summed E-state index contributed by atoms with van der Waals surface area (Å²) >= 11 is 1.73. The Balaban J connectivity index is 1.49. The fourth-order valence-electron chi connectivity index (χ4n) is 4.62. The van der Waals surface area contributed by atoms with E-state index in [0.717, 1.165) is 42.1 Å². The van der Waals surface area contributed by atoms with Crippen molar-refractivity contribution in [2.45, 2.75) is 45.7 Å². The Morgan fingerprint density at radius 3 is 2.85 bits per heavy atom. The van der Waals surface area contributed by atoms with Gasteiger partial charge in [0.15, 0.2) is 0 Å². The molecular formula is C24H32N6O2S. The van der Waals surface area contributed by atoms with Gasteiger partial charge in [0.05, 0.1) is 22.5 Å². The second-order valence-electron chi connectivity index (χ2n) is 9.47. The number of nitrogen functional groups attached to an aromatic ring is 1. The number of nitrogens with two attached hydrogens (primary N) is 1. The monoisotopic (exact) mass is 468 g/mol. The van der Waals surface area contributed by atoms with Crippen LogP contribution in [0.4, 0.5) is 11.5 Å². The topological polar surface area (TPSA) is 104 Å². The quantitative estimate of drug-likeness (QED) is 0.669. The fourth-order valence-corrected chi connectivity index (χ4v) is 5.74. The summed E-state index contributed by atoms with van der Waals surface area (Å²) in [5.74, 6) is -0.221. The number of piperidine rings is 1. The normalized spacial score (nSPS) is 22.3. The van der Waals surface area contributed by atoms with Crippen molar-refractivity contribution in [3.8, 4) is 0 Å². The third kappa shape index (κ3) is 5.25. The van der Waals surface area contributed by atoms with Gasteiger partial charge in [-0.1, -0.05) is 13.0 Å². The minimum Gasteiger partial charge on any atom is -0.383 e. The van der Waals surface area contributed by atoms with Crippen molar-refractivity contribution in [1.82, 2.24) is 19.8 Å². The Kier molecular flexibility index (Phi) is 6.81. The molecule has 0 radical (unpaired) electrons. The molecule has 2 aromatic heterocycles. The molecule has 33 heavy (non-hydrogen) atoms. The maximum absolute atomic E-state index is 13.2. The molecule has 2 aliphatic rings. The van der Waals surface area contributed by atoms with Crippen LogP contribution >= 0.6 is 11.3 Å². The average Bonchev–Trinajstić information content (AvgIpc) is 3.16. The highest BCUT2D eigenvalue weighted by molar-refractivity contribution is 7.12. The lowest BCUT2D eigenvalue weighted by Gasteiger charge is -2.42. The van der Waals surface area contributed by atoms with E-state index in [4.69, 9.17) is 10.7 Å². The molecule has 1 aliphatic carbocycles. The van der Waals surface area contributed by atoms with Crippen molar-refractivity contribution >= 4 is 40.7 Å². The summed E-state index contributed by atoms with van der Waals surface area (Å²) in [4.78, 5) is 40.1. The molecule has 3 heterocycles. The third-order valence-electron chi connectivity index (χ3n) is 6.34. The molecule has 9 heteroatoms. The van der Waals surface area contributed by atoms with Gasteiger partial charge in [-0.2, -0.15) is 0 Å². The molecule has 0 aromatic carbocycles. The van der Waals surface area contributed by atoms with E-state index in [9.17, 15) is 9.59 Å². The average molecular weight is 469 g/mol. The Morgan fingerprint density at radius 2 is 2.12 bits per heavy atom. The van der Waals surface area contributed by atoms with Gasteiger partial charge in [0.25, 0.3) is 0 Å². The summed E-state index contributed by atoms with van der Waals surface area (Å²) in [6.45, 7) is 5.34. The molecule has 176 valence electrons. The van der Waals surface area contributed by atoms with E-state index in [-0.39, 0.29) is 12.0 Å². The van der Waals surface area contributed by atoms with Crippen LogP contribution in [0.3, 0.4) is 0 Å². The summed E-state index contributed by atoms with van der Waals surface area (Å²) in [7, 11) is 4.08. The molecule has 1 fully saturated rings. The standard InChI is InChI=1S/C24H32N6O2S/c1-14-5-7-19(16-6-8-20-18(10-16)28-21(33-20)13-29(3)4)30(12-14)24(32)23(31)27-17-9-15(2)22(25)26-11-17/h6,8-9,11,14,16,19H,5,7,10,12-13H2,1-4H3,(H2,25,26)(H,27,31)/t14-,16?,19+/m1/s1. The number of nitrogens with zero attached hydrogens (tertiary/aromatic N) is 4. The first-order valence-electron chi connectivity index (χ1n) is 11.4. The van der Waals surface area contributed by atoms with Gasteiger partial charge in [0.1, 0.15) is 10.8 Å². The lowest BCUT2D eigenvalue weighted by molar-refractivity contribution is -0.147. The number of fused-ring (bicyclic) bond motifs is 1. The Hall–Kier alpha value is -2.78. The van der Waals surface area contributed by atoms with Crippen molar-refractivity contribution < 1.29 is 9.59 Å². The molecule has 2 aromatic rings. The van der Waals surface area contributed by atoms with E-state index in [0.29, 0.717) is 24.0 Å². The number of likely N-dealkylation sites (tertiary alicyclic amines) is 1. The van der Waals surface area contributed by atoms with Crippen LogP contribution in [0.2, 0.25) is 0 Å². The van der Waals surface area contributed by atoms with Crippen molar-refractivity contribution in [2.75, 3.05) is 31.7 Å². The third-order valence-corrected chi connectivity index (χ3v) is 7.38. The van der Waals surface area contributed by atoms with Crippen molar-refractivity contribution in [2.24, 2.45) is 11.8 Å². The van der Waals surface area contributed by atoms with Crippen molar-refractivity contribution in [1.29, 1.82) is 0 Å². The van der Waals surface area contributed by atoms with Crippen LogP contribution in [0.1, 0.15) is 40.9 Å². The van der Waals surface area contributed by atoms with Gasteiger partial charge in [-0.05, 0) is 63.9 Å². The van der Waals surface area contributed by atoms with E-state index >= 15 is 0 Å². The summed E-state index contributed by atoms with van der Waals surface area (Å²) in [6.07, 6.45) is 8.53. The summed E-state index contributed by atoms with van der Waals surface area (Å²) in [6, 6.07) is 1.71. The zero-order chi connectivity index (χ0) is 23.7. The molecule has 1 saturated heterocycles. The summed E-state index contributed by atoms with van der Waals surface area (Å²) < 4.78 is 0. The van der Waals surface area contributed by atoms with Gasteiger partial charge in [-0.3, -0.25) is 9.59 Å². The number of hydrogen-bond donors (Lipinski definition) is 2. The van der Waals surface area contributed by atoms with Gasteiger partial charge in [-0.15, -0.1) is 11.3 Å². The highest BCUT2D eigenvalue weighted by atomic mass is 32.1. The number of hydrogen-bond acceptors (Lipinski definition) is 7. The minimum atomic E-state index is -0.637. The summed E-state index contributed by atoms with van der Waals surface area (Å²) in [5.41, 5.74) is 8.09. The number of aromatic nitrogens is 2. The number of carbonyl (C=O) groups excluding carboxylic acids is 2. The lowest BCUT2D eigenvalue weighted by atomic mass is 9.82. The molecule has 0 bridgehead atoms. The maximum atomic E-state index is 13.2.